The van der Waals surface area contributed by atoms with E-state index in [4.69, 9.17) is 0 Å². The Kier molecular flexibility index (Phi) is 5.36. The van der Waals surface area contributed by atoms with E-state index in [1.165, 1.54) is 6.92 Å². The number of carbonyl (C=O) groups excluding carboxylic acids is 2. The van der Waals surface area contributed by atoms with Crippen molar-refractivity contribution in [1.82, 2.24) is 9.97 Å². The van der Waals surface area contributed by atoms with Crippen LogP contribution in [0.15, 0.2) is 35.6 Å². The van der Waals surface area contributed by atoms with Crippen molar-refractivity contribution in [2.45, 2.75) is 24.7 Å². The van der Waals surface area contributed by atoms with E-state index in [-0.39, 0.29) is 22.7 Å². The van der Waals surface area contributed by atoms with Gasteiger partial charge in [0.2, 0.25) is 11.8 Å². The van der Waals surface area contributed by atoms with Crippen LogP contribution in [0.5, 0.6) is 0 Å². The molecule has 2 amide bonds. The first-order chi connectivity index (χ1) is 12.7. The molecule has 0 spiro atoms. The normalized spacial score (nSPS) is 13.4. The quantitative estimate of drug-likeness (QED) is 0.635. The molecule has 27 heavy (non-hydrogen) atoms. The van der Waals surface area contributed by atoms with Crippen molar-refractivity contribution in [1.29, 1.82) is 0 Å². The van der Waals surface area contributed by atoms with Crippen molar-refractivity contribution in [3.8, 4) is 0 Å². The zero-order valence-electron chi connectivity index (χ0n) is 14.2. The van der Waals surface area contributed by atoms with Gasteiger partial charge in [-0.25, -0.2) is 9.97 Å². The molecule has 1 aliphatic heterocycles. The van der Waals surface area contributed by atoms with Crippen LogP contribution in [0.2, 0.25) is 0 Å². The molecule has 0 atom stereocenters. The van der Waals surface area contributed by atoms with Crippen molar-refractivity contribution in [3.05, 3.63) is 41.7 Å². The fourth-order valence-electron chi connectivity index (χ4n) is 2.70. The molecule has 0 saturated heterocycles. The smallest absolute Gasteiger partial charge is 0.325 e. The lowest BCUT2D eigenvalue weighted by atomic mass is 10.1. The summed E-state index contributed by atoms with van der Waals surface area (Å²) in [6, 6.07) is 6.02. The van der Waals surface area contributed by atoms with Crippen LogP contribution in [-0.4, -0.2) is 34.1 Å². The molecule has 0 unspecified atom stereocenters. The summed E-state index contributed by atoms with van der Waals surface area (Å²) in [5.74, 6) is -0.553. The minimum absolute atomic E-state index is 0.0389. The number of alkyl halides is 3. The van der Waals surface area contributed by atoms with Gasteiger partial charge in [0.05, 0.1) is 5.75 Å². The van der Waals surface area contributed by atoms with Gasteiger partial charge in [-0.05, 0) is 36.2 Å². The lowest BCUT2D eigenvalue weighted by molar-refractivity contribution is -0.141. The van der Waals surface area contributed by atoms with Crippen LogP contribution in [0.4, 0.5) is 24.5 Å². The van der Waals surface area contributed by atoms with Crippen LogP contribution in [0.1, 0.15) is 18.2 Å². The van der Waals surface area contributed by atoms with Gasteiger partial charge in [-0.15, -0.1) is 0 Å². The number of benzene rings is 1. The number of nitrogens with zero attached hydrogens (tertiary/aromatic N) is 3. The second-order valence-electron chi connectivity index (χ2n) is 5.82. The van der Waals surface area contributed by atoms with Crippen LogP contribution >= 0.6 is 11.8 Å². The highest BCUT2D eigenvalue weighted by Gasteiger charge is 2.32. The molecule has 0 saturated carbocycles. The van der Waals surface area contributed by atoms with Gasteiger partial charge >= 0.3 is 6.18 Å². The lowest BCUT2D eigenvalue weighted by Gasteiger charge is -2.15. The van der Waals surface area contributed by atoms with E-state index in [9.17, 15) is 22.8 Å². The minimum Gasteiger partial charge on any atom is -0.325 e. The second kappa shape index (κ2) is 7.55. The number of carbonyl (C=O) groups is 2. The number of amides is 2. The fourth-order valence-corrected chi connectivity index (χ4v) is 3.33. The molecule has 10 heteroatoms. The Morgan fingerprint density at radius 3 is 2.78 bits per heavy atom. The van der Waals surface area contributed by atoms with Gasteiger partial charge in [0.15, 0.2) is 5.16 Å². The molecule has 1 aromatic carbocycles. The summed E-state index contributed by atoms with van der Waals surface area (Å²) in [4.78, 5) is 32.4. The Labute approximate surface area is 157 Å². The first-order valence-corrected chi connectivity index (χ1v) is 8.96. The van der Waals surface area contributed by atoms with Crippen molar-refractivity contribution in [2.24, 2.45) is 0 Å². The number of halogens is 3. The zero-order valence-corrected chi connectivity index (χ0v) is 15.0. The molecule has 1 N–H and O–H groups in total. The molecule has 2 heterocycles. The number of anilines is 2. The number of aromatic nitrogens is 2. The molecule has 1 aromatic heterocycles. The highest BCUT2D eigenvalue weighted by molar-refractivity contribution is 7.99. The molecule has 6 nitrogen and oxygen atoms in total. The third-order valence-corrected chi connectivity index (χ3v) is 4.76. The summed E-state index contributed by atoms with van der Waals surface area (Å²) in [6.45, 7) is 2.10. The molecule has 142 valence electrons. The predicted octanol–water partition coefficient (Wildman–Crippen LogP) is 3.14. The first kappa shape index (κ1) is 19.2. The Bertz CT molecular complexity index is 889. The van der Waals surface area contributed by atoms with Gasteiger partial charge < -0.3 is 10.2 Å². The lowest BCUT2D eigenvalue weighted by Crippen LogP contribution is -2.25. The Morgan fingerprint density at radius 1 is 1.30 bits per heavy atom. The monoisotopic (exact) mass is 396 g/mol. The molecule has 0 aliphatic carbocycles. The largest absolute Gasteiger partial charge is 0.433 e. The van der Waals surface area contributed by atoms with Crippen LogP contribution in [-0.2, 0) is 22.2 Å². The van der Waals surface area contributed by atoms with Crippen LogP contribution in [0, 0.1) is 0 Å². The molecular weight excluding hydrogens is 381 g/mol. The zero-order chi connectivity index (χ0) is 19.6. The average molecular weight is 396 g/mol. The first-order valence-electron chi connectivity index (χ1n) is 7.98. The summed E-state index contributed by atoms with van der Waals surface area (Å²) in [7, 11) is 0. The molecule has 2 aromatic rings. The summed E-state index contributed by atoms with van der Waals surface area (Å²) in [6.07, 6.45) is -2.85. The summed E-state index contributed by atoms with van der Waals surface area (Å²) < 4.78 is 37.9. The van der Waals surface area contributed by atoms with Crippen molar-refractivity contribution >= 4 is 35.0 Å². The minimum atomic E-state index is -4.56. The van der Waals surface area contributed by atoms with E-state index in [1.807, 2.05) is 0 Å². The molecule has 1 aliphatic rings. The Balaban J connectivity index is 1.60. The van der Waals surface area contributed by atoms with Crippen molar-refractivity contribution in [2.75, 3.05) is 22.5 Å². The predicted molar refractivity (Wildman–Crippen MR) is 94.6 cm³/mol. The van der Waals surface area contributed by atoms with Crippen LogP contribution < -0.4 is 10.2 Å². The highest BCUT2D eigenvalue weighted by atomic mass is 32.2. The van der Waals surface area contributed by atoms with Gasteiger partial charge in [-0.1, -0.05) is 11.8 Å². The van der Waals surface area contributed by atoms with Gasteiger partial charge in [-0.3, -0.25) is 9.59 Å². The van der Waals surface area contributed by atoms with Crippen LogP contribution in [0.25, 0.3) is 0 Å². The van der Waals surface area contributed by atoms with Crippen molar-refractivity contribution in [3.63, 3.8) is 0 Å². The molecule has 0 bridgehead atoms. The van der Waals surface area contributed by atoms with E-state index in [1.54, 1.807) is 23.1 Å². The van der Waals surface area contributed by atoms with E-state index in [2.05, 4.69) is 15.3 Å². The summed E-state index contributed by atoms with van der Waals surface area (Å²) >= 11 is 0.821. The number of thioether (sulfide) groups is 1. The van der Waals surface area contributed by atoms with E-state index in [0.717, 1.165) is 35.3 Å². The Morgan fingerprint density at radius 2 is 2.07 bits per heavy atom. The number of hydrogen-bond acceptors (Lipinski definition) is 5. The maximum atomic E-state index is 12.6. The van der Waals surface area contributed by atoms with E-state index >= 15 is 0 Å². The highest BCUT2D eigenvalue weighted by Crippen LogP contribution is 2.31. The average Bonchev–Trinajstić information content (AvgIpc) is 3.03. The van der Waals surface area contributed by atoms with Gasteiger partial charge in [0.25, 0.3) is 0 Å². The standard InChI is InChI=1S/C17H15F3N4O2S/c1-10(25)24-7-5-11-8-12(2-3-13(11)24)22-15(26)9-27-16-21-6-4-14(23-16)17(18,19)20/h2-4,6,8H,5,7,9H2,1H3,(H,22,26). The fraction of sp³-hybridized carbons (Fsp3) is 0.294. The SMILES string of the molecule is CC(=O)N1CCc2cc(NC(=O)CSc3nccc(C(F)(F)F)n3)ccc21. The third-order valence-electron chi connectivity index (χ3n) is 3.90. The van der Waals surface area contributed by atoms with Gasteiger partial charge in [0, 0.05) is 31.0 Å². The van der Waals surface area contributed by atoms with Gasteiger partial charge in [-0.2, -0.15) is 13.2 Å². The molecule has 0 fully saturated rings. The summed E-state index contributed by atoms with van der Waals surface area (Å²) in [5.41, 5.74) is 1.30. The Hall–Kier alpha value is -2.62. The number of nitrogens with one attached hydrogen (secondary N) is 1. The molecular formula is C17H15F3N4O2S. The maximum absolute atomic E-state index is 12.6. The van der Waals surface area contributed by atoms with Crippen molar-refractivity contribution < 1.29 is 22.8 Å². The number of rotatable bonds is 4. The van der Waals surface area contributed by atoms with E-state index in [0.29, 0.717) is 18.7 Å². The topological polar surface area (TPSA) is 75.2 Å². The number of hydrogen-bond donors (Lipinski definition) is 1. The third kappa shape index (κ3) is 4.57. The summed E-state index contributed by atoms with van der Waals surface area (Å²) in [5, 5.41) is 2.57. The second-order valence-corrected chi connectivity index (χ2v) is 6.77. The molecule has 0 radical (unpaired) electrons. The van der Waals surface area contributed by atoms with Gasteiger partial charge in [0.1, 0.15) is 5.69 Å². The van der Waals surface area contributed by atoms with E-state index < -0.39 is 11.9 Å². The maximum Gasteiger partial charge on any atom is 0.433 e. The van der Waals surface area contributed by atoms with Crippen LogP contribution in [0.3, 0.4) is 0 Å². The molecule has 3 rings (SSSR count). The number of fused-ring (bicyclic) bond motifs is 1.